The third kappa shape index (κ3) is 3.98. The zero-order valence-electron chi connectivity index (χ0n) is 11.7. The summed E-state index contributed by atoms with van der Waals surface area (Å²) in [6.07, 6.45) is -4.68. The number of hydrogen-bond donors (Lipinski definition) is 1. The second kappa shape index (κ2) is 5.77. The Morgan fingerprint density at radius 2 is 1.62 bits per heavy atom. The standard InChI is InChI=1S/C16H16F3NO/c1-10-3-4-11(2)14(9-10)15(20)12-5-7-13(8-6-12)21-16(17,18)19/h3-9,15H,20H2,1-2H3/t15-/m1/s1. The third-order valence-electron chi connectivity index (χ3n) is 3.24. The van der Waals surface area contributed by atoms with E-state index < -0.39 is 6.36 Å². The van der Waals surface area contributed by atoms with Crippen molar-refractivity contribution in [3.8, 4) is 5.75 Å². The van der Waals surface area contributed by atoms with Gasteiger partial charge in [-0.1, -0.05) is 35.9 Å². The fourth-order valence-electron chi connectivity index (χ4n) is 2.15. The van der Waals surface area contributed by atoms with E-state index in [9.17, 15) is 13.2 Å². The van der Waals surface area contributed by atoms with Gasteiger partial charge in [-0.2, -0.15) is 0 Å². The molecule has 0 amide bonds. The highest BCUT2D eigenvalue weighted by molar-refractivity contribution is 5.40. The van der Waals surface area contributed by atoms with Crippen molar-refractivity contribution in [1.82, 2.24) is 0 Å². The van der Waals surface area contributed by atoms with Crippen molar-refractivity contribution in [2.24, 2.45) is 5.73 Å². The first-order valence-electron chi connectivity index (χ1n) is 6.45. The lowest BCUT2D eigenvalue weighted by Crippen LogP contribution is -2.17. The lowest BCUT2D eigenvalue weighted by Gasteiger charge is -2.17. The summed E-state index contributed by atoms with van der Waals surface area (Å²) < 4.78 is 40.2. The van der Waals surface area contributed by atoms with Crippen molar-refractivity contribution >= 4 is 0 Å². The number of aryl methyl sites for hydroxylation is 2. The highest BCUT2D eigenvalue weighted by Crippen LogP contribution is 2.27. The molecule has 2 aromatic carbocycles. The van der Waals surface area contributed by atoms with Crippen molar-refractivity contribution < 1.29 is 17.9 Å². The quantitative estimate of drug-likeness (QED) is 0.918. The molecule has 0 radical (unpaired) electrons. The minimum Gasteiger partial charge on any atom is -0.406 e. The number of nitrogens with two attached hydrogens (primary N) is 1. The topological polar surface area (TPSA) is 35.2 Å². The summed E-state index contributed by atoms with van der Waals surface area (Å²) in [6.45, 7) is 3.92. The monoisotopic (exact) mass is 295 g/mol. The molecule has 2 aromatic rings. The van der Waals surface area contributed by atoms with Gasteiger partial charge in [-0.25, -0.2) is 0 Å². The van der Waals surface area contributed by atoms with Crippen LogP contribution < -0.4 is 10.5 Å². The first-order valence-corrected chi connectivity index (χ1v) is 6.45. The summed E-state index contributed by atoms with van der Waals surface area (Å²) in [5.74, 6) is -0.251. The summed E-state index contributed by atoms with van der Waals surface area (Å²) >= 11 is 0. The zero-order chi connectivity index (χ0) is 15.6. The smallest absolute Gasteiger partial charge is 0.406 e. The van der Waals surface area contributed by atoms with Crippen LogP contribution in [-0.2, 0) is 0 Å². The Hall–Kier alpha value is -2.01. The minimum absolute atomic E-state index is 0.251. The van der Waals surface area contributed by atoms with Crippen LogP contribution in [0.5, 0.6) is 5.75 Å². The third-order valence-corrected chi connectivity index (χ3v) is 3.24. The Balaban J connectivity index is 2.24. The lowest BCUT2D eigenvalue weighted by atomic mass is 9.94. The molecule has 0 heterocycles. The molecule has 5 heteroatoms. The van der Waals surface area contributed by atoms with Crippen LogP contribution in [0.25, 0.3) is 0 Å². The van der Waals surface area contributed by atoms with Gasteiger partial charge in [0.25, 0.3) is 0 Å². The van der Waals surface area contributed by atoms with Gasteiger partial charge in [-0.15, -0.1) is 13.2 Å². The SMILES string of the molecule is Cc1ccc(C)c([C@H](N)c2ccc(OC(F)(F)F)cc2)c1. The maximum atomic E-state index is 12.1. The molecule has 0 fully saturated rings. The molecule has 1 atom stereocenters. The fourth-order valence-corrected chi connectivity index (χ4v) is 2.15. The molecule has 0 saturated carbocycles. The predicted octanol–water partition coefficient (Wildman–Crippen LogP) is 4.25. The van der Waals surface area contributed by atoms with Crippen molar-refractivity contribution in [1.29, 1.82) is 0 Å². The number of alkyl halides is 3. The highest BCUT2D eigenvalue weighted by atomic mass is 19.4. The van der Waals surface area contributed by atoms with Gasteiger partial charge in [0.15, 0.2) is 0 Å². The van der Waals surface area contributed by atoms with E-state index in [2.05, 4.69) is 4.74 Å². The number of rotatable bonds is 3. The van der Waals surface area contributed by atoms with Crippen molar-refractivity contribution in [2.75, 3.05) is 0 Å². The predicted molar refractivity (Wildman–Crippen MR) is 75.1 cm³/mol. The molecular formula is C16H16F3NO. The van der Waals surface area contributed by atoms with E-state index in [1.54, 1.807) is 12.1 Å². The Morgan fingerprint density at radius 3 is 2.19 bits per heavy atom. The average molecular weight is 295 g/mol. The molecular weight excluding hydrogens is 279 g/mol. The molecule has 0 aliphatic carbocycles. The van der Waals surface area contributed by atoms with Crippen LogP contribution >= 0.6 is 0 Å². The minimum atomic E-state index is -4.68. The van der Waals surface area contributed by atoms with E-state index in [4.69, 9.17) is 5.73 Å². The van der Waals surface area contributed by atoms with Gasteiger partial charge in [0.05, 0.1) is 6.04 Å². The van der Waals surface area contributed by atoms with E-state index in [1.165, 1.54) is 12.1 Å². The van der Waals surface area contributed by atoms with E-state index in [0.717, 1.165) is 22.3 Å². The lowest BCUT2D eigenvalue weighted by molar-refractivity contribution is -0.274. The van der Waals surface area contributed by atoms with Gasteiger partial charge in [0, 0.05) is 0 Å². The Labute approximate surface area is 121 Å². The fraction of sp³-hybridized carbons (Fsp3) is 0.250. The number of ether oxygens (including phenoxy) is 1. The van der Waals surface area contributed by atoms with Gasteiger partial charge in [-0.05, 0) is 42.7 Å². The van der Waals surface area contributed by atoms with Gasteiger partial charge < -0.3 is 10.5 Å². The van der Waals surface area contributed by atoms with Gasteiger partial charge >= 0.3 is 6.36 Å². The normalized spacial score (nSPS) is 13.0. The van der Waals surface area contributed by atoms with Crippen molar-refractivity contribution in [2.45, 2.75) is 26.3 Å². The Bertz CT molecular complexity index is 620. The van der Waals surface area contributed by atoms with Crippen LogP contribution in [0.15, 0.2) is 42.5 Å². The summed E-state index contributed by atoms with van der Waals surface area (Å²) in [5.41, 5.74) is 10.0. The van der Waals surface area contributed by atoms with E-state index in [1.807, 2.05) is 32.0 Å². The number of hydrogen-bond acceptors (Lipinski definition) is 2. The molecule has 0 aromatic heterocycles. The summed E-state index contributed by atoms with van der Waals surface area (Å²) in [6, 6.07) is 11.2. The van der Waals surface area contributed by atoms with Crippen LogP contribution in [0.3, 0.4) is 0 Å². The van der Waals surface area contributed by atoms with Crippen molar-refractivity contribution in [3.05, 3.63) is 64.7 Å². The molecule has 2 nitrogen and oxygen atoms in total. The summed E-state index contributed by atoms with van der Waals surface area (Å²) in [5, 5.41) is 0. The molecule has 0 bridgehead atoms. The van der Waals surface area contributed by atoms with Crippen LogP contribution in [-0.4, -0.2) is 6.36 Å². The number of benzene rings is 2. The van der Waals surface area contributed by atoms with Crippen LogP contribution in [0.2, 0.25) is 0 Å². The van der Waals surface area contributed by atoms with Gasteiger partial charge in [-0.3, -0.25) is 0 Å². The molecule has 0 aliphatic heterocycles. The maximum Gasteiger partial charge on any atom is 0.573 e. The first-order chi connectivity index (χ1) is 9.76. The first kappa shape index (κ1) is 15.4. The Morgan fingerprint density at radius 1 is 1.00 bits per heavy atom. The molecule has 0 aliphatic rings. The Kier molecular flexibility index (Phi) is 4.23. The van der Waals surface area contributed by atoms with E-state index in [-0.39, 0.29) is 11.8 Å². The van der Waals surface area contributed by atoms with E-state index in [0.29, 0.717) is 0 Å². The molecule has 2 rings (SSSR count). The molecule has 112 valence electrons. The van der Waals surface area contributed by atoms with Gasteiger partial charge in [0.2, 0.25) is 0 Å². The molecule has 0 unspecified atom stereocenters. The summed E-state index contributed by atoms with van der Waals surface area (Å²) in [7, 11) is 0. The average Bonchev–Trinajstić information content (AvgIpc) is 2.40. The molecule has 21 heavy (non-hydrogen) atoms. The second-order valence-corrected chi connectivity index (χ2v) is 4.95. The van der Waals surface area contributed by atoms with Crippen LogP contribution in [0.4, 0.5) is 13.2 Å². The molecule has 0 spiro atoms. The second-order valence-electron chi connectivity index (χ2n) is 4.95. The largest absolute Gasteiger partial charge is 0.573 e. The molecule has 0 saturated heterocycles. The van der Waals surface area contributed by atoms with Gasteiger partial charge in [0.1, 0.15) is 5.75 Å². The number of halogens is 3. The van der Waals surface area contributed by atoms with Crippen molar-refractivity contribution in [3.63, 3.8) is 0 Å². The maximum absolute atomic E-state index is 12.1. The van der Waals surface area contributed by atoms with Crippen LogP contribution in [0.1, 0.15) is 28.3 Å². The zero-order valence-corrected chi connectivity index (χ0v) is 11.7. The molecule has 2 N–H and O–H groups in total. The van der Waals surface area contributed by atoms with Crippen LogP contribution in [0, 0.1) is 13.8 Å². The highest BCUT2D eigenvalue weighted by Gasteiger charge is 2.31. The summed E-state index contributed by atoms with van der Waals surface area (Å²) in [4.78, 5) is 0. The van der Waals surface area contributed by atoms with E-state index >= 15 is 0 Å².